The fraction of sp³-hybridized carbons (Fsp3) is 0.372. The summed E-state index contributed by atoms with van der Waals surface area (Å²) in [5.41, 5.74) is 3.11. The molecule has 5 aromatic rings. The predicted molar refractivity (Wildman–Crippen MR) is 222 cm³/mol. The number of halogens is 3. The van der Waals surface area contributed by atoms with E-state index in [1.165, 1.54) is 23.0 Å². The standard InChI is InChI=1S/C43H45F3N8O5S.H3N/c1-25-26(2)36(23-38(27(25)3)60(48,58)59)30-17-20-51(21-18-30)40(55)31-10-12-33(13-11-31)50-41(56)53-39(37-16-19-49-54(37)34-14-8-29(24-47)9-15-34)28(4)52(42(53)57)35-7-5-6-32(22-35)43(44,45)46;/h5-9,14-16,19,22-23,30-31,33H,10-13,17-18,20-21H2,1-4H3,(H,50,56)(H2,48,58,59);1H3. The molecule has 1 aliphatic heterocycles. The smallest absolute Gasteiger partial charge is 0.344 e. The number of hydrogen-bond donors (Lipinski definition) is 3. The Hall–Kier alpha value is -6.03. The lowest BCUT2D eigenvalue weighted by Gasteiger charge is -2.37. The number of likely N-dealkylation sites (tertiary alicyclic amines) is 1. The van der Waals surface area contributed by atoms with E-state index in [0.29, 0.717) is 74.1 Å². The average Bonchev–Trinajstić information content (AvgIpc) is 3.80. The number of carbonyl (C=O) groups is 2. The molecule has 7 rings (SSSR count). The first-order chi connectivity index (χ1) is 28.4. The van der Waals surface area contributed by atoms with Gasteiger partial charge >= 0.3 is 17.9 Å². The van der Waals surface area contributed by atoms with Crippen molar-refractivity contribution in [3.63, 3.8) is 0 Å². The van der Waals surface area contributed by atoms with Crippen LogP contribution in [0.5, 0.6) is 0 Å². The maximum atomic E-state index is 14.3. The molecule has 0 unspecified atom stereocenters. The number of nitrogens with one attached hydrogen (secondary N) is 1. The van der Waals surface area contributed by atoms with Crippen molar-refractivity contribution in [3.8, 4) is 28.8 Å². The Balaban J connectivity index is 0.00000622. The summed E-state index contributed by atoms with van der Waals surface area (Å²) in [7, 11) is -3.90. The number of nitriles is 1. The highest BCUT2D eigenvalue weighted by Gasteiger charge is 2.35. The molecule has 0 radical (unpaired) electrons. The molecule has 0 spiro atoms. The van der Waals surface area contributed by atoms with Crippen LogP contribution in [-0.4, -0.2) is 63.3 Å². The van der Waals surface area contributed by atoms with E-state index >= 15 is 0 Å². The number of primary sulfonamides is 1. The summed E-state index contributed by atoms with van der Waals surface area (Å²) in [6.45, 7) is 8.21. The van der Waals surface area contributed by atoms with E-state index in [0.717, 1.165) is 38.0 Å². The molecule has 14 nitrogen and oxygen atoms in total. The Morgan fingerprint density at radius 3 is 2.15 bits per heavy atom. The van der Waals surface area contributed by atoms with E-state index in [4.69, 9.17) is 5.14 Å². The second-order valence-electron chi connectivity index (χ2n) is 15.7. The molecule has 2 aliphatic rings. The highest BCUT2D eigenvalue weighted by Crippen LogP contribution is 2.37. The normalized spacial score (nSPS) is 17.4. The maximum absolute atomic E-state index is 14.3. The van der Waals surface area contributed by atoms with E-state index in [-0.39, 0.29) is 45.9 Å². The second-order valence-corrected chi connectivity index (χ2v) is 17.2. The van der Waals surface area contributed by atoms with E-state index < -0.39 is 39.5 Å². The topological polar surface area (TPSA) is 213 Å². The molecule has 2 fully saturated rings. The van der Waals surface area contributed by atoms with Crippen molar-refractivity contribution in [1.29, 1.82) is 5.26 Å². The third-order valence-electron chi connectivity index (χ3n) is 12.2. The summed E-state index contributed by atoms with van der Waals surface area (Å²) in [6.07, 6.45) is 0.0373. The zero-order valence-electron chi connectivity index (χ0n) is 34.3. The number of piperidine rings is 1. The molecule has 61 heavy (non-hydrogen) atoms. The van der Waals surface area contributed by atoms with Crippen molar-refractivity contribution in [3.05, 3.63) is 116 Å². The summed E-state index contributed by atoms with van der Waals surface area (Å²) in [4.78, 5) is 44.2. The van der Waals surface area contributed by atoms with Gasteiger partial charge in [0.15, 0.2) is 0 Å². The minimum atomic E-state index is -4.68. The number of aromatic nitrogens is 4. The van der Waals surface area contributed by atoms with Crippen LogP contribution in [0.2, 0.25) is 0 Å². The van der Waals surface area contributed by atoms with Gasteiger partial charge in [-0.25, -0.2) is 32.4 Å². The third-order valence-corrected chi connectivity index (χ3v) is 13.3. The lowest BCUT2D eigenvalue weighted by atomic mass is 9.82. The zero-order chi connectivity index (χ0) is 43.3. The number of carbonyl (C=O) groups excluding carboxylic acids is 2. The van der Waals surface area contributed by atoms with Gasteiger partial charge in [0.25, 0.3) is 0 Å². The van der Waals surface area contributed by atoms with Crippen molar-refractivity contribution in [1.82, 2.24) is 35.3 Å². The van der Waals surface area contributed by atoms with Crippen molar-refractivity contribution in [2.45, 2.75) is 89.3 Å². The molecule has 2 amide bonds. The van der Waals surface area contributed by atoms with Crippen LogP contribution >= 0.6 is 0 Å². The molecule has 6 N–H and O–H groups in total. The van der Waals surface area contributed by atoms with Crippen molar-refractivity contribution in [2.24, 2.45) is 11.1 Å². The molecule has 1 saturated heterocycles. The largest absolute Gasteiger partial charge is 0.416 e. The van der Waals surface area contributed by atoms with Crippen LogP contribution in [0.3, 0.4) is 0 Å². The van der Waals surface area contributed by atoms with Gasteiger partial charge in [0.1, 0.15) is 5.69 Å². The Morgan fingerprint density at radius 1 is 0.885 bits per heavy atom. The summed E-state index contributed by atoms with van der Waals surface area (Å²) >= 11 is 0. The van der Waals surface area contributed by atoms with E-state index in [1.54, 1.807) is 50.2 Å². The van der Waals surface area contributed by atoms with E-state index in [9.17, 15) is 41.2 Å². The van der Waals surface area contributed by atoms with Gasteiger partial charge in [-0.2, -0.15) is 23.5 Å². The number of hydrogen-bond acceptors (Lipinski definition) is 8. The van der Waals surface area contributed by atoms with Crippen LogP contribution in [0, 0.1) is 44.9 Å². The zero-order valence-corrected chi connectivity index (χ0v) is 35.1. The highest BCUT2D eigenvalue weighted by molar-refractivity contribution is 7.89. The van der Waals surface area contributed by atoms with Gasteiger partial charge in [-0.3, -0.25) is 9.36 Å². The predicted octanol–water partition coefficient (Wildman–Crippen LogP) is 6.95. The summed E-state index contributed by atoms with van der Waals surface area (Å²) in [5, 5.41) is 22.2. The molecule has 2 aromatic heterocycles. The lowest BCUT2D eigenvalue weighted by Crippen LogP contribution is -2.46. The number of sulfonamides is 1. The molecule has 1 saturated carbocycles. The Labute approximate surface area is 351 Å². The fourth-order valence-electron chi connectivity index (χ4n) is 8.74. The van der Waals surface area contributed by atoms with Crippen LogP contribution in [0.25, 0.3) is 22.8 Å². The Kier molecular flexibility index (Phi) is 12.5. The lowest BCUT2D eigenvalue weighted by molar-refractivity contribution is -0.138. The van der Waals surface area contributed by atoms with Gasteiger partial charge in [-0.05, 0) is 149 Å². The molecule has 322 valence electrons. The van der Waals surface area contributed by atoms with Gasteiger partial charge < -0.3 is 16.4 Å². The number of imidazole rings is 1. The first-order valence-electron chi connectivity index (χ1n) is 19.7. The fourth-order valence-corrected chi connectivity index (χ4v) is 9.61. The van der Waals surface area contributed by atoms with E-state index in [1.807, 2.05) is 18.7 Å². The van der Waals surface area contributed by atoms with Crippen LogP contribution < -0.4 is 22.3 Å². The van der Waals surface area contributed by atoms with Crippen LogP contribution in [0.1, 0.15) is 83.5 Å². The summed E-state index contributed by atoms with van der Waals surface area (Å²) < 4.78 is 69.5. The third kappa shape index (κ3) is 8.63. The quantitative estimate of drug-likeness (QED) is 0.155. The number of rotatable bonds is 7. The van der Waals surface area contributed by atoms with Crippen molar-refractivity contribution in [2.75, 3.05) is 13.1 Å². The van der Waals surface area contributed by atoms with Crippen molar-refractivity contribution >= 4 is 22.0 Å². The van der Waals surface area contributed by atoms with Crippen LogP contribution in [-0.2, 0) is 21.0 Å². The summed E-state index contributed by atoms with van der Waals surface area (Å²) in [6, 6.07) is 15.0. The number of nitrogens with zero attached hydrogens (tertiary/aromatic N) is 6. The minimum absolute atomic E-state index is 0. The van der Waals surface area contributed by atoms with Crippen LogP contribution in [0.15, 0.2) is 76.6 Å². The van der Waals surface area contributed by atoms with Gasteiger partial charge in [0.2, 0.25) is 15.9 Å². The van der Waals surface area contributed by atoms with Gasteiger partial charge in [-0.1, -0.05) is 6.07 Å². The number of nitrogens with two attached hydrogens (primary N) is 1. The maximum Gasteiger partial charge on any atom is 0.416 e. The molecule has 18 heteroatoms. The minimum Gasteiger partial charge on any atom is -0.344 e. The molecular weight excluding hydrogens is 812 g/mol. The summed E-state index contributed by atoms with van der Waals surface area (Å²) in [5.74, 6) is -0.164. The van der Waals surface area contributed by atoms with Crippen molar-refractivity contribution < 1.29 is 31.2 Å². The average molecular weight is 860 g/mol. The highest BCUT2D eigenvalue weighted by atomic mass is 32.2. The van der Waals surface area contributed by atoms with E-state index in [2.05, 4.69) is 16.5 Å². The Bertz CT molecular complexity index is 2700. The van der Waals surface area contributed by atoms with Gasteiger partial charge in [0.05, 0.1) is 51.1 Å². The Morgan fingerprint density at radius 2 is 1.54 bits per heavy atom. The van der Waals surface area contributed by atoms with Gasteiger partial charge in [0, 0.05) is 25.0 Å². The first kappa shape index (κ1) is 44.5. The molecule has 3 aromatic carbocycles. The van der Waals surface area contributed by atoms with Crippen LogP contribution in [0.4, 0.5) is 18.0 Å². The SMILES string of the molecule is Cc1c(C2CCN(C(=O)C3CCC(NC(=O)n4c(-c5ccnn5-c5ccc(C#N)cc5)c(C)n(-c5cccc(C(F)(F)F)c5)c4=O)CC3)CC2)cc(S(N)(=O)=O)c(C)c1C.N. The van der Waals surface area contributed by atoms with Gasteiger partial charge in [-0.15, -0.1) is 0 Å². The molecule has 0 bridgehead atoms. The number of alkyl halides is 3. The molecule has 3 heterocycles. The molecule has 1 aliphatic carbocycles. The molecule has 0 atom stereocenters. The number of benzene rings is 3. The second kappa shape index (κ2) is 17.1. The molecular formula is C43H48F3N9O5S. The first-order valence-corrected chi connectivity index (χ1v) is 21.2. The number of amides is 2. The monoisotopic (exact) mass is 859 g/mol.